The largest absolute Gasteiger partial charge is 0.396 e. The summed E-state index contributed by atoms with van der Waals surface area (Å²) < 4.78 is 0. The van der Waals surface area contributed by atoms with Crippen LogP contribution in [0.4, 0.5) is 11.4 Å². The highest BCUT2D eigenvalue weighted by atomic mass is 16.1. The maximum Gasteiger partial charge on any atom is 0.236 e. The normalized spacial score (nSPS) is 16.0. The number of nitrogens with zero attached hydrogens (tertiary/aromatic N) is 2. The molecule has 5 nitrogen and oxygen atoms in total. The lowest BCUT2D eigenvalue weighted by atomic mass is 10.1. The molecule has 1 saturated carbocycles. The number of carbonyl (C=O) groups excluding carboxylic acids is 1. The maximum atomic E-state index is 11.2. The highest BCUT2D eigenvalue weighted by molar-refractivity contribution is 5.81. The summed E-state index contributed by atoms with van der Waals surface area (Å²) in [6.07, 6.45) is 7.88. The average molecular weight is 234 g/mol. The van der Waals surface area contributed by atoms with E-state index in [4.69, 9.17) is 11.5 Å². The molecule has 0 saturated heterocycles. The van der Waals surface area contributed by atoms with Gasteiger partial charge in [-0.25, -0.2) is 0 Å². The van der Waals surface area contributed by atoms with E-state index in [9.17, 15) is 4.79 Å². The summed E-state index contributed by atoms with van der Waals surface area (Å²) in [7, 11) is 0. The van der Waals surface area contributed by atoms with Crippen molar-refractivity contribution >= 4 is 17.3 Å². The number of nitrogen functional groups attached to an aromatic ring is 1. The number of anilines is 2. The molecule has 1 fully saturated rings. The molecule has 92 valence electrons. The van der Waals surface area contributed by atoms with Crippen LogP contribution in [0.2, 0.25) is 0 Å². The van der Waals surface area contributed by atoms with E-state index in [1.165, 1.54) is 12.8 Å². The van der Waals surface area contributed by atoms with Gasteiger partial charge in [0.2, 0.25) is 5.91 Å². The van der Waals surface area contributed by atoms with Gasteiger partial charge in [-0.3, -0.25) is 9.78 Å². The van der Waals surface area contributed by atoms with Crippen molar-refractivity contribution in [3.8, 4) is 0 Å². The zero-order valence-corrected chi connectivity index (χ0v) is 9.80. The lowest BCUT2D eigenvalue weighted by Gasteiger charge is -2.30. The van der Waals surface area contributed by atoms with Gasteiger partial charge >= 0.3 is 0 Å². The van der Waals surface area contributed by atoms with Crippen LogP contribution in [0.15, 0.2) is 18.5 Å². The van der Waals surface area contributed by atoms with Gasteiger partial charge in [-0.05, 0) is 18.9 Å². The molecule has 0 aliphatic heterocycles. The fraction of sp³-hybridized carbons (Fsp3) is 0.500. The van der Waals surface area contributed by atoms with Crippen molar-refractivity contribution in [2.45, 2.75) is 31.7 Å². The molecule has 1 aromatic heterocycles. The molecule has 4 N–H and O–H groups in total. The van der Waals surface area contributed by atoms with Crippen LogP contribution in [0.3, 0.4) is 0 Å². The quantitative estimate of drug-likeness (QED) is 0.810. The predicted molar refractivity (Wildman–Crippen MR) is 67.4 cm³/mol. The van der Waals surface area contributed by atoms with E-state index >= 15 is 0 Å². The lowest BCUT2D eigenvalue weighted by molar-refractivity contribution is -0.116. The van der Waals surface area contributed by atoms with Crippen molar-refractivity contribution in [3.63, 3.8) is 0 Å². The van der Waals surface area contributed by atoms with E-state index in [1.54, 1.807) is 12.4 Å². The molecule has 0 aromatic carbocycles. The third-order valence-electron chi connectivity index (χ3n) is 3.23. The Morgan fingerprint density at radius 2 is 2.18 bits per heavy atom. The van der Waals surface area contributed by atoms with Crippen LogP contribution in [-0.2, 0) is 4.79 Å². The molecular formula is C12H18N4O. The lowest BCUT2D eigenvalue weighted by Crippen LogP contribution is -2.40. The van der Waals surface area contributed by atoms with Crippen molar-refractivity contribution in [1.82, 2.24) is 4.98 Å². The Bertz CT molecular complexity index is 401. The first kappa shape index (κ1) is 11.7. The van der Waals surface area contributed by atoms with Crippen molar-refractivity contribution in [3.05, 3.63) is 18.5 Å². The van der Waals surface area contributed by atoms with E-state index in [0.29, 0.717) is 11.7 Å². The first-order chi connectivity index (χ1) is 8.18. The van der Waals surface area contributed by atoms with Gasteiger partial charge in [0.1, 0.15) is 0 Å². The fourth-order valence-corrected chi connectivity index (χ4v) is 2.46. The van der Waals surface area contributed by atoms with E-state index in [1.807, 2.05) is 11.0 Å². The first-order valence-electron chi connectivity index (χ1n) is 5.93. The summed E-state index contributed by atoms with van der Waals surface area (Å²) in [5.74, 6) is -0.326. The topological polar surface area (TPSA) is 85.2 Å². The van der Waals surface area contributed by atoms with Crippen LogP contribution >= 0.6 is 0 Å². The standard InChI is InChI=1S/C12H18N4O/c13-10-7-15-6-5-11(10)16(8-12(14)17)9-3-1-2-4-9/h5-7,9H,1-4,8,13H2,(H2,14,17). The molecule has 0 bridgehead atoms. The number of primary amides is 1. The highest BCUT2D eigenvalue weighted by Gasteiger charge is 2.25. The number of pyridine rings is 1. The fourth-order valence-electron chi connectivity index (χ4n) is 2.46. The van der Waals surface area contributed by atoms with Gasteiger partial charge in [0.15, 0.2) is 0 Å². The number of nitrogens with two attached hydrogens (primary N) is 2. The van der Waals surface area contributed by atoms with E-state index in [0.717, 1.165) is 18.5 Å². The van der Waals surface area contributed by atoms with Gasteiger partial charge in [0.05, 0.1) is 24.1 Å². The van der Waals surface area contributed by atoms with Crippen LogP contribution in [0.25, 0.3) is 0 Å². The van der Waals surface area contributed by atoms with E-state index < -0.39 is 0 Å². The average Bonchev–Trinajstić information content (AvgIpc) is 2.80. The number of rotatable bonds is 4. The molecule has 0 atom stereocenters. The molecule has 0 spiro atoms. The molecule has 0 radical (unpaired) electrons. The zero-order valence-electron chi connectivity index (χ0n) is 9.80. The van der Waals surface area contributed by atoms with Crippen LogP contribution < -0.4 is 16.4 Å². The van der Waals surface area contributed by atoms with Gasteiger partial charge in [-0.15, -0.1) is 0 Å². The van der Waals surface area contributed by atoms with Gasteiger partial charge in [0.25, 0.3) is 0 Å². The van der Waals surface area contributed by atoms with Crippen molar-refractivity contribution in [2.75, 3.05) is 17.2 Å². The maximum absolute atomic E-state index is 11.2. The van der Waals surface area contributed by atoms with Crippen molar-refractivity contribution < 1.29 is 4.79 Å². The summed E-state index contributed by atoms with van der Waals surface area (Å²) in [4.78, 5) is 17.2. The monoisotopic (exact) mass is 234 g/mol. The Labute approximate surface area is 101 Å². The van der Waals surface area contributed by atoms with Gasteiger partial charge in [0, 0.05) is 12.2 Å². The SMILES string of the molecule is NC(=O)CN(c1ccncc1N)C1CCCC1. The Morgan fingerprint density at radius 1 is 1.47 bits per heavy atom. The summed E-state index contributed by atoms with van der Waals surface area (Å²) in [5.41, 5.74) is 12.7. The minimum Gasteiger partial charge on any atom is -0.396 e. The number of hydrogen-bond donors (Lipinski definition) is 2. The molecule has 17 heavy (non-hydrogen) atoms. The number of hydrogen-bond acceptors (Lipinski definition) is 4. The first-order valence-corrected chi connectivity index (χ1v) is 5.93. The number of aromatic nitrogens is 1. The Hall–Kier alpha value is -1.78. The minimum atomic E-state index is -0.326. The Kier molecular flexibility index (Phi) is 3.46. The summed E-state index contributed by atoms with van der Waals surface area (Å²) >= 11 is 0. The van der Waals surface area contributed by atoms with Crippen LogP contribution in [-0.4, -0.2) is 23.5 Å². The van der Waals surface area contributed by atoms with E-state index in [-0.39, 0.29) is 12.5 Å². The second-order valence-corrected chi connectivity index (χ2v) is 4.47. The van der Waals surface area contributed by atoms with Crippen LogP contribution in [0.5, 0.6) is 0 Å². The van der Waals surface area contributed by atoms with E-state index in [2.05, 4.69) is 4.98 Å². The summed E-state index contributed by atoms with van der Waals surface area (Å²) in [5, 5.41) is 0. The summed E-state index contributed by atoms with van der Waals surface area (Å²) in [6.45, 7) is 0.221. The third-order valence-corrected chi connectivity index (χ3v) is 3.23. The van der Waals surface area contributed by atoms with Crippen LogP contribution in [0, 0.1) is 0 Å². The molecule has 1 amide bonds. The third kappa shape index (κ3) is 2.67. The molecule has 1 aliphatic rings. The van der Waals surface area contributed by atoms with Crippen molar-refractivity contribution in [1.29, 1.82) is 0 Å². The molecule has 1 heterocycles. The molecule has 1 aromatic rings. The second kappa shape index (κ2) is 5.03. The Morgan fingerprint density at radius 3 is 2.76 bits per heavy atom. The molecule has 5 heteroatoms. The predicted octanol–water partition coefficient (Wildman–Crippen LogP) is 0.898. The minimum absolute atomic E-state index is 0.221. The molecule has 0 unspecified atom stereocenters. The van der Waals surface area contributed by atoms with Crippen molar-refractivity contribution in [2.24, 2.45) is 5.73 Å². The van der Waals surface area contributed by atoms with Gasteiger partial charge in [-0.2, -0.15) is 0 Å². The number of carbonyl (C=O) groups is 1. The number of amides is 1. The second-order valence-electron chi connectivity index (χ2n) is 4.47. The zero-order chi connectivity index (χ0) is 12.3. The molecule has 1 aliphatic carbocycles. The van der Waals surface area contributed by atoms with Gasteiger partial charge in [-0.1, -0.05) is 12.8 Å². The Balaban J connectivity index is 2.25. The van der Waals surface area contributed by atoms with Crippen LogP contribution in [0.1, 0.15) is 25.7 Å². The smallest absolute Gasteiger partial charge is 0.236 e. The molecular weight excluding hydrogens is 216 g/mol. The molecule has 2 rings (SSSR count). The highest BCUT2D eigenvalue weighted by Crippen LogP contribution is 2.30. The van der Waals surface area contributed by atoms with Gasteiger partial charge < -0.3 is 16.4 Å². The summed E-state index contributed by atoms with van der Waals surface area (Å²) in [6, 6.07) is 2.21.